The highest BCUT2D eigenvalue weighted by Gasteiger charge is 2.08. The van der Waals surface area contributed by atoms with E-state index in [2.05, 4.69) is 15.9 Å². The number of thiophene rings is 1. The van der Waals surface area contributed by atoms with Gasteiger partial charge in [-0.25, -0.2) is 0 Å². The average molecular weight is 278 g/mol. The van der Waals surface area contributed by atoms with Crippen molar-refractivity contribution in [2.45, 2.75) is 25.3 Å². The molecule has 0 saturated carbocycles. The lowest BCUT2D eigenvalue weighted by molar-refractivity contribution is -0.137. The predicted octanol–water partition coefficient (Wildman–Crippen LogP) is 2.25. The largest absolute Gasteiger partial charge is 0.481 e. The molecule has 1 unspecified atom stereocenters. The van der Waals surface area contributed by atoms with Crippen molar-refractivity contribution in [1.82, 2.24) is 0 Å². The summed E-state index contributed by atoms with van der Waals surface area (Å²) < 4.78 is 1.08. The van der Waals surface area contributed by atoms with Crippen molar-refractivity contribution in [3.8, 4) is 0 Å². The van der Waals surface area contributed by atoms with Crippen molar-refractivity contribution in [3.63, 3.8) is 0 Å². The summed E-state index contributed by atoms with van der Waals surface area (Å²) in [5, 5.41) is 8.47. The molecular formula is C9H12BrNO2S. The molecule has 0 amide bonds. The third-order valence-electron chi connectivity index (χ3n) is 1.82. The van der Waals surface area contributed by atoms with Crippen molar-refractivity contribution in [1.29, 1.82) is 0 Å². The first-order valence-corrected chi connectivity index (χ1v) is 5.90. The smallest absolute Gasteiger partial charge is 0.303 e. The number of carboxylic acid groups (broad SMARTS) is 1. The highest BCUT2D eigenvalue weighted by Crippen LogP contribution is 2.23. The first-order valence-electron chi connectivity index (χ1n) is 4.29. The molecule has 0 aliphatic heterocycles. The van der Waals surface area contributed by atoms with Crippen LogP contribution in [0.4, 0.5) is 0 Å². The summed E-state index contributed by atoms with van der Waals surface area (Å²) >= 11 is 5.01. The zero-order valence-electron chi connectivity index (χ0n) is 7.57. The minimum Gasteiger partial charge on any atom is -0.481 e. The van der Waals surface area contributed by atoms with Crippen LogP contribution in [0.5, 0.6) is 0 Å². The first-order chi connectivity index (χ1) is 6.58. The summed E-state index contributed by atoms with van der Waals surface area (Å²) in [6.07, 6.45) is 1.43. The normalized spacial score (nSPS) is 12.7. The molecule has 0 aromatic carbocycles. The molecule has 1 rings (SSSR count). The molecule has 1 aromatic rings. The molecule has 1 atom stereocenters. The quantitative estimate of drug-likeness (QED) is 0.868. The van der Waals surface area contributed by atoms with Gasteiger partial charge < -0.3 is 10.8 Å². The van der Waals surface area contributed by atoms with Gasteiger partial charge in [0, 0.05) is 17.3 Å². The Morgan fingerprint density at radius 2 is 2.36 bits per heavy atom. The van der Waals surface area contributed by atoms with Crippen LogP contribution in [0.2, 0.25) is 0 Å². The second-order valence-corrected chi connectivity index (χ2v) is 5.65. The predicted molar refractivity (Wildman–Crippen MR) is 60.6 cm³/mol. The maximum atomic E-state index is 10.3. The summed E-state index contributed by atoms with van der Waals surface area (Å²) in [6, 6.07) is 3.93. The summed E-state index contributed by atoms with van der Waals surface area (Å²) in [5.74, 6) is -0.784. The molecule has 0 spiro atoms. The van der Waals surface area contributed by atoms with Crippen LogP contribution in [0.3, 0.4) is 0 Å². The molecule has 0 fully saturated rings. The van der Waals surface area contributed by atoms with Crippen molar-refractivity contribution < 1.29 is 9.90 Å². The third-order valence-corrected chi connectivity index (χ3v) is 3.47. The Morgan fingerprint density at radius 3 is 2.86 bits per heavy atom. The Bertz CT molecular complexity index is 314. The van der Waals surface area contributed by atoms with Crippen LogP contribution in [-0.4, -0.2) is 17.1 Å². The monoisotopic (exact) mass is 277 g/mol. The Kier molecular flexibility index (Phi) is 4.57. The number of aliphatic carboxylic acids is 1. The Morgan fingerprint density at radius 1 is 1.64 bits per heavy atom. The van der Waals surface area contributed by atoms with Gasteiger partial charge in [-0.3, -0.25) is 4.79 Å². The number of nitrogens with two attached hydrogens (primary N) is 1. The number of halogens is 1. The fraction of sp³-hybridized carbons (Fsp3) is 0.444. The summed E-state index contributed by atoms with van der Waals surface area (Å²) in [6.45, 7) is 0. The van der Waals surface area contributed by atoms with Crippen LogP contribution in [0.15, 0.2) is 15.9 Å². The molecule has 0 aliphatic carbocycles. The molecule has 78 valence electrons. The molecule has 1 heterocycles. The topological polar surface area (TPSA) is 63.3 Å². The van der Waals surface area contributed by atoms with Crippen molar-refractivity contribution >= 4 is 33.2 Å². The van der Waals surface area contributed by atoms with Gasteiger partial charge in [0.25, 0.3) is 0 Å². The van der Waals surface area contributed by atoms with E-state index in [9.17, 15) is 4.79 Å². The SMILES string of the molecule is NC(CCC(=O)O)Cc1ccc(Br)s1. The van der Waals surface area contributed by atoms with Crippen LogP contribution in [0, 0.1) is 0 Å². The van der Waals surface area contributed by atoms with Gasteiger partial charge in [-0.15, -0.1) is 11.3 Å². The lowest BCUT2D eigenvalue weighted by atomic mass is 10.1. The van der Waals surface area contributed by atoms with Crippen molar-refractivity contribution in [3.05, 3.63) is 20.8 Å². The summed E-state index contributed by atoms with van der Waals surface area (Å²) in [5.41, 5.74) is 5.79. The van der Waals surface area contributed by atoms with Gasteiger partial charge in [-0.05, 0) is 40.9 Å². The first kappa shape index (κ1) is 11.7. The minimum absolute atomic E-state index is 0.0587. The van der Waals surface area contributed by atoms with Gasteiger partial charge in [-0.1, -0.05) is 0 Å². The number of carboxylic acids is 1. The van der Waals surface area contributed by atoms with E-state index in [-0.39, 0.29) is 12.5 Å². The fourth-order valence-electron chi connectivity index (χ4n) is 1.13. The number of carbonyl (C=O) groups is 1. The van der Waals surface area contributed by atoms with Gasteiger partial charge in [0.1, 0.15) is 0 Å². The maximum Gasteiger partial charge on any atom is 0.303 e. The van der Waals surface area contributed by atoms with E-state index < -0.39 is 5.97 Å². The number of rotatable bonds is 5. The van der Waals surface area contributed by atoms with E-state index in [1.165, 1.54) is 4.88 Å². The summed E-state index contributed by atoms with van der Waals surface area (Å²) in [7, 11) is 0. The van der Waals surface area contributed by atoms with Gasteiger partial charge in [0.05, 0.1) is 3.79 Å². The molecule has 0 bridgehead atoms. The second-order valence-electron chi connectivity index (χ2n) is 3.10. The van der Waals surface area contributed by atoms with Crippen LogP contribution in [0.25, 0.3) is 0 Å². The summed E-state index contributed by atoms with van der Waals surface area (Å²) in [4.78, 5) is 11.5. The molecule has 0 aliphatic rings. The maximum absolute atomic E-state index is 10.3. The van der Waals surface area contributed by atoms with Crippen LogP contribution in [0.1, 0.15) is 17.7 Å². The molecular weight excluding hydrogens is 266 g/mol. The van der Waals surface area contributed by atoms with Crippen LogP contribution in [-0.2, 0) is 11.2 Å². The number of hydrogen-bond donors (Lipinski definition) is 2. The van der Waals surface area contributed by atoms with Crippen molar-refractivity contribution in [2.75, 3.05) is 0 Å². The molecule has 0 saturated heterocycles. The van der Waals surface area contributed by atoms with Crippen molar-refractivity contribution in [2.24, 2.45) is 5.73 Å². The zero-order chi connectivity index (χ0) is 10.6. The van der Waals surface area contributed by atoms with E-state index >= 15 is 0 Å². The lowest BCUT2D eigenvalue weighted by Gasteiger charge is -2.07. The van der Waals surface area contributed by atoms with E-state index in [0.717, 1.165) is 10.2 Å². The molecule has 14 heavy (non-hydrogen) atoms. The average Bonchev–Trinajstić information content (AvgIpc) is 2.48. The Balaban J connectivity index is 2.33. The minimum atomic E-state index is -0.784. The molecule has 0 radical (unpaired) electrons. The zero-order valence-corrected chi connectivity index (χ0v) is 9.97. The van der Waals surface area contributed by atoms with E-state index in [1.54, 1.807) is 11.3 Å². The third kappa shape index (κ3) is 4.21. The van der Waals surface area contributed by atoms with Gasteiger partial charge >= 0.3 is 5.97 Å². The Hall–Kier alpha value is -0.390. The number of hydrogen-bond acceptors (Lipinski definition) is 3. The van der Waals surface area contributed by atoms with Crippen LogP contribution >= 0.6 is 27.3 Å². The highest BCUT2D eigenvalue weighted by molar-refractivity contribution is 9.11. The van der Waals surface area contributed by atoms with Crippen LogP contribution < -0.4 is 5.73 Å². The van der Waals surface area contributed by atoms with Gasteiger partial charge in [0.2, 0.25) is 0 Å². The lowest BCUT2D eigenvalue weighted by Crippen LogP contribution is -2.23. The molecule has 3 N–H and O–H groups in total. The Labute approximate surface area is 95.1 Å². The van der Waals surface area contributed by atoms with E-state index in [1.807, 2.05) is 12.1 Å². The molecule has 5 heteroatoms. The second kappa shape index (κ2) is 5.48. The van der Waals surface area contributed by atoms with E-state index in [0.29, 0.717) is 6.42 Å². The standard InChI is InChI=1S/C9H12BrNO2S/c10-8-3-2-7(14-8)5-6(11)1-4-9(12)13/h2-3,6H,1,4-5,11H2,(H,12,13). The molecule has 3 nitrogen and oxygen atoms in total. The molecule has 1 aromatic heterocycles. The highest BCUT2D eigenvalue weighted by atomic mass is 79.9. The van der Waals surface area contributed by atoms with E-state index in [4.69, 9.17) is 10.8 Å². The fourth-order valence-corrected chi connectivity index (χ4v) is 2.71. The van der Waals surface area contributed by atoms with Gasteiger partial charge in [-0.2, -0.15) is 0 Å². The van der Waals surface area contributed by atoms with Gasteiger partial charge in [0.15, 0.2) is 0 Å².